The Kier molecular flexibility index (Phi) is 4.94. The fourth-order valence-electron chi connectivity index (χ4n) is 3.90. The van der Waals surface area contributed by atoms with Crippen molar-refractivity contribution >= 4 is 12.0 Å². The number of aryl methyl sites for hydroxylation is 1. The molecule has 2 amide bonds. The van der Waals surface area contributed by atoms with E-state index >= 15 is 0 Å². The first-order valence-electron chi connectivity index (χ1n) is 8.60. The van der Waals surface area contributed by atoms with E-state index in [0.717, 1.165) is 17.7 Å². The van der Waals surface area contributed by atoms with Crippen LogP contribution >= 0.6 is 0 Å². The summed E-state index contributed by atoms with van der Waals surface area (Å²) in [5.41, 5.74) is 1.60. The van der Waals surface area contributed by atoms with Gasteiger partial charge in [-0.1, -0.05) is 6.07 Å². The average molecular weight is 349 g/mol. The number of rotatable bonds is 2. The van der Waals surface area contributed by atoms with Crippen LogP contribution in [0.1, 0.15) is 30.0 Å². The minimum Gasteiger partial charge on any atom is -0.465 e. The molecule has 0 aromatic heterocycles. The van der Waals surface area contributed by atoms with Crippen molar-refractivity contribution in [2.75, 3.05) is 33.2 Å². The van der Waals surface area contributed by atoms with Crippen LogP contribution in [0.15, 0.2) is 18.2 Å². The lowest BCUT2D eigenvalue weighted by Gasteiger charge is -2.44. The van der Waals surface area contributed by atoms with Crippen molar-refractivity contribution in [3.05, 3.63) is 35.1 Å². The van der Waals surface area contributed by atoms with E-state index in [1.807, 2.05) is 0 Å². The molecule has 1 aromatic rings. The van der Waals surface area contributed by atoms with Crippen molar-refractivity contribution < 1.29 is 19.1 Å². The summed E-state index contributed by atoms with van der Waals surface area (Å²) in [6.45, 7) is 4.10. The summed E-state index contributed by atoms with van der Waals surface area (Å²) in [4.78, 5) is 29.0. The van der Waals surface area contributed by atoms with E-state index < -0.39 is 6.09 Å². The van der Waals surface area contributed by atoms with Gasteiger partial charge < -0.3 is 14.9 Å². The highest BCUT2D eigenvalue weighted by Gasteiger charge is 2.37. The second-order valence-corrected chi connectivity index (χ2v) is 6.96. The van der Waals surface area contributed by atoms with Gasteiger partial charge in [0, 0.05) is 32.7 Å². The highest BCUT2D eigenvalue weighted by molar-refractivity contribution is 5.78. The third kappa shape index (κ3) is 3.61. The number of carbonyl (C=O) groups excluding carboxylic acids is 1. The Labute approximate surface area is 146 Å². The molecule has 0 bridgehead atoms. The maximum absolute atomic E-state index is 13.4. The standard InChI is InChI=1S/C18H24FN3O3/c1-12-9-13(19)3-4-15(12)16-10-14(5-6-22(16)18(24)25)21-8-7-20(2)17(23)11-21/h3-4,9,14,16H,5-8,10-11H2,1-2H3,(H,24,25)/t14-,16+/m0/s1. The minimum atomic E-state index is -0.957. The molecule has 0 unspecified atom stereocenters. The molecule has 1 aromatic carbocycles. The molecule has 136 valence electrons. The Morgan fingerprint density at radius 1 is 1.28 bits per heavy atom. The summed E-state index contributed by atoms with van der Waals surface area (Å²) in [6, 6.07) is 4.35. The van der Waals surface area contributed by atoms with Crippen molar-refractivity contribution in [3.8, 4) is 0 Å². The van der Waals surface area contributed by atoms with Crippen molar-refractivity contribution in [2.45, 2.75) is 31.8 Å². The molecule has 2 atom stereocenters. The fraction of sp³-hybridized carbons (Fsp3) is 0.556. The zero-order valence-corrected chi connectivity index (χ0v) is 14.6. The summed E-state index contributed by atoms with van der Waals surface area (Å²) >= 11 is 0. The summed E-state index contributed by atoms with van der Waals surface area (Å²) in [5.74, 6) is -0.221. The van der Waals surface area contributed by atoms with E-state index in [1.54, 1.807) is 24.9 Å². The molecule has 0 radical (unpaired) electrons. The van der Waals surface area contributed by atoms with Gasteiger partial charge in [0.1, 0.15) is 5.82 Å². The van der Waals surface area contributed by atoms with Crippen molar-refractivity contribution in [3.63, 3.8) is 0 Å². The molecule has 2 saturated heterocycles. The van der Waals surface area contributed by atoms with Gasteiger partial charge in [-0.05, 0) is 43.0 Å². The molecule has 3 rings (SSSR count). The summed E-state index contributed by atoms with van der Waals surface area (Å²) < 4.78 is 13.4. The lowest BCUT2D eigenvalue weighted by atomic mass is 9.88. The van der Waals surface area contributed by atoms with Gasteiger partial charge in [0.15, 0.2) is 0 Å². The maximum Gasteiger partial charge on any atom is 0.407 e. The lowest BCUT2D eigenvalue weighted by Crippen LogP contribution is -2.55. The van der Waals surface area contributed by atoms with E-state index in [0.29, 0.717) is 32.5 Å². The number of hydrogen-bond acceptors (Lipinski definition) is 3. The molecule has 25 heavy (non-hydrogen) atoms. The van der Waals surface area contributed by atoms with Crippen LogP contribution in [0.3, 0.4) is 0 Å². The number of likely N-dealkylation sites (N-methyl/N-ethyl adjacent to an activating group) is 1. The number of nitrogens with zero attached hydrogens (tertiary/aromatic N) is 3. The highest BCUT2D eigenvalue weighted by Crippen LogP contribution is 2.35. The molecule has 2 fully saturated rings. The minimum absolute atomic E-state index is 0.0985. The van der Waals surface area contributed by atoms with Crippen LogP contribution in [0.5, 0.6) is 0 Å². The van der Waals surface area contributed by atoms with Gasteiger partial charge >= 0.3 is 6.09 Å². The number of hydrogen-bond donors (Lipinski definition) is 1. The molecule has 1 N–H and O–H groups in total. The first kappa shape index (κ1) is 17.7. The van der Waals surface area contributed by atoms with Crippen LogP contribution in [0, 0.1) is 12.7 Å². The molecular weight excluding hydrogens is 325 g/mol. The molecule has 0 saturated carbocycles. The molecule has 0 spiro atoms. The number of carbonyl (C=O) groups is 2. The van der Waals surface area contributed by atoms with Gasteiger partial charge in [0.2, 0.25) is 5.91 Å². The smallest absolute Gasteiger partial charge is 0.407 e. The van der Waals surface area contributed by atoms with Crippen LogP contribution in [0.2, 0.25) is 0 Å². The maximum atomic E-state index is 13.4. The Morgan fingerprint density at radius 2 is 2.04 bits per heavy atom. The first-order valence-corrected chi connectivity index (χ1v) is 8.60. The zero-order chi connectivity index (χ0) is 18.1. The molecule has 2 aliphatic rings. The van der Waals surface area contributed by atoms with Crippen LogP contribution in [-0.2, 0) is 4.79 Å². The molecule has 2 aliphatic heterocycles. The number of carboxylic acid groups (broad SMARTS) is 1. The summed E-state index contributed by atoms with van der Waals surface area (Å²) in [7, 11) is 1.80. The predicted molar refractivity (Wildman–Crippen MR) is 90.8 cm³/mol. The van der Waals surface area contributed by atoms with Crippen LogP contribution in [0.25, 0.3) is 0 Å². The van der Waals surface area contributed by atoms with Crippen LogP contribution in [-0.4, -0.2) is 71.1 Å². The zero-order valence-electron chi connectivity index (χ0n) is 14.6. The molecule has 6 nitrogen and oxygen atoms in total. The Hall–Kier alpha value is -2.15. The third-order valence-corrected chi connectivity index (χ3v) is 5.41. The fourth-order valence-corrected chi connectivity index (χ4v) is 3.90. The largest absolute Gasteiger partial charge is 0.465 e. The van der Waals surface area contributed by atoms with Gasteiger partial charge in [-0.3, -0.25) is 9.69 Å². The number of benzene rings is 1. The highest BCUT2D eigenvalue weighted by atomic mass is 19.1. The molecular formula is C18H24FN3O3. The molecule has 0 aliphatic carbocycles. The van der Waals surface area contributed by atoms with Gasteiger partial charge in [-0.2, -0.15) is 0 Å². The first-order chi connectivity index (χ1) is 11.9. The van der Waals surface area contributed by atoms with Crippen molar-refractivity contribution in [2.24, 2.45) is 0 Å². The average Bonchev–Trinajstić information content (AvgIpc) is 2.57. The molecule has 2 heterocycles. The van der Waals surface area contributed by atoms with Crippen molar-refractivity contribution in [1.82, 2.24) is 14.7 Å². The van der Waals surface area contributed by atoms with Crippen LogP contribution in [0.4, 0.5) is 9.18 Å². The van der Waals surface area contributed by atoms with E-state index in [9.17, 15) is 19.1 Å². The van der Waals surface area contributed by atoms with Gasteiger partial charge in [0.25, 0.3) is 0 Å². The Balaban J connectivity index is 1.83. The van der Waals surface area contributed by atoms with Gasteiger partial charge in [0.05, 0.1) is 12.6 Å². The van der Waals surface area contributed by atoms with Gasteiger partial charge in [-0.15, -0.1) is 0 Å². The second kappa shape index (κ2) is 7.00. The number of halogens is 1. The van der Waals surface area contributed by atoms with E-state index in [-0.39, 0.29) is 23.8 Å². The predicted octanol–water partition coefficient (Wildman–Crippen LogP) is 2.09. The van der Waals surface area contributed by atoms with E-state index in [1.165, 1.54) is 17.0 Å². The van der Waals surface area contributed by atoms with Crippen molar-refractivity contribution in [1.29, 1.82) is 0 Å². The van der Waals surface area contributed by atoms with E-state index in [4.69, 9.17) is 0 Å². The number of piperidine rings is 1. The molecule has 7 heteroatoms. The quantitative estimate of drug-likeness (QED) is 0.888. The lowest BCUT2D eigenvalue weighted by molar-refractivity contribution is -0.136. The second-order valence-electron chi connectivity index (χ2n) is 6.96. The SMILES string of the molecule is Cc1cc(F)ccc1[C@H]1C[C@@H](N2CCN(C)C(=O)C2)CCN1C(=O)O. The topological polar surface area (TPSA) is 64.1 Å². The van der Waals surface area contributed by atoms with E-state index in [2.05, 4.69) is 4.90 Å². The summed E-state index contributed by atoms with van der Waals surface area (Å²) in [5, 5.41) is 9.57. The van der Waals surface area contributed by atoms with Crippen LogP contribution < -0.4 is 0 Å². The van der Waals surface area contributed by atoms with Gasteiger partial charge in [-0.25, -0.2) is 9.18 Å². The Bertz CT molecular complexity index is 682. The normalized spacial score (nSPS) is 25.3. The number of likely N-dealkylation sites (tertiary alicyclic amines) is 1. The number of amides is 2. The summed E-state index contributed by atoms with van der Waals surface area (Å²) in [6.07, 6.45) is 0.372. The third-order valence-electron chi connectivity index (χ3n) is 5.41. The number of piperazine rings is 1. The monoisotopic (exact) mass is 349 g/mol. The Morgan fingerprint density at radius 3 is 2.68 bits per heavy atom.